The third-order valence-electron chi connectivity index (χ3n) is 3.51. The van der Waals surface area contributed by atoms with Crippen molar-refractivity contribution in [3.8, 4) is 11.5 Å². The quantitative estimate of drug-likeness (QED) is 0.709. The van der Waals surface area contributed by atoms with Gasteiger partial charge in [-0.1, -0.05) is 0 Å². The molecule has 154 valence electrons. The summed E-state index contributed by atoms with van der Waals surface area (Å²) in [4.78, 5) is -0.448. The van der Waals surface area contributed by atoms with Crippen LogP contribution in [-0.2, 0) is 22.4 Å². The first-order valence-corrected chi connectivity index (χ1v) is 8.80. The van der Waals surface area contributed by atoms with E-state index in [4.69, 9.17) is 9.47 Å². The molecule has 0 saturated heterocycles. The van der Waals surface area contributed by atoms with Crippen LogP contribution in [0.4, 0.5) is 32.0 Å². The molecule has 0 atom stereocenters. The SMILES string of the molecule is COc1ccc(S(=O)(=O)Nc2cc(C(F)(F)F)cc(C(F)(F)F)c2)cc1OC. The number of anilines is 1. The van der Waals surface area contributed by atoms with Crippen LogP contribution in [0.3, 0.4) is 0 Å². The van der Waals surface area contributed by atoms with Crippen LogP contribution >= 0.6 is 0 Å². The highest BCUT2D eigenvalue weighted by Crippen LogP contribution is 2.38. The average Bonchev–Trinajstić information content (AvgIpc) is 2.58. The highest BCUT2D eigenvalue weighted by atomic mass is 32.2. The number of hydrogen-bond acceptors (Lipinski definition) is 4. The molecule has 0 bridgehead atoms. The summed E-state index contributed by atoms with van der Waals surface area (Å²) in [5, 5.41) is 0. The minimum atomic E-state index is -5.11. The van der Waals surface area contributed by atoms with Gasteiger partial charge in [0.15, 0.2) is 11.5 Å². The van der Waals surface area contributed by atoms with Crippen molar-refractivity contribution in [3.63, 3.8) is 0 Å². The minimum absolute atomic E-state index is 0.00500. The maximum absolute atomic E-state index is 12.9. The Morgan fingerprint density at radius 3 is 1.71 bits per heavy atom. The Bertz CT molecular complexity index is 938. The molecule has 28 heavy (non-hydrogen) atoms. The summed E-state index contributed by atoms with van der Waals surface area (Å²) in [6, 6.07) is 3.73. The number of halogens is 6. The van der Waals surface area contributed by atoms with E-state index in [-0.39, 0.29) is 29.7 Å². The van der Waals surface area contributed by atoms with E-state index in [1.807, 2.05) is 0 Å². The predicted molar refractivity (Wildman–Crippen MR) is 86.8 cm³/mol. The molecule has 12 heteroatoms. The van der Waals surface area contributed by atoms with E-state index in [0.29, 0.717) is 0 Å². The summed E-state index contributed by atoms with van der Waals surface area (Å²) >= 11 is 0. The molecular formula is C16H13F6NO4S. The average molecular weight is 429 g/mol. The first-order chi connectivity index (χ1) is 12.8. The fourth-order valence-corrected chi connectivity index (χ4v) is 3.27. The third-order valence-corrected chi connectivity index (χ3v) is 4.88. The van der Waals surface area contributed by atoms with Gasteiger partial charge in [-0.15, -0.1) is 0 Å². The summed E-state index contributed by atoms with van der Waals surface area (Å²) in [5.74, 6) is 0.185. The smallest absolute Gasteiger partial charge is 0.416 e. The highest BCUT2D eigenvalue weighted by Gasteiger charge is 2.37. The van der Waals surface area contributed by atoms with Crippen molar-refractivity contribution in [2.75, 3.05) is 18.9 Å². The highest BCUT2D eigenvalue weighted by molar-refractivity contribution is 7.92. The molecule has 2 aromatic carbocycles. The van der Waals surface area contributed by atoms with Gasteiger partial charge in [-0.3, -0.25) is 4.72 Å². The zero-order valence-electron chi connectivity index (χ0n) is 14.3. The molecule has 0 aliphatic rings. The van der Waals surface area contributed by atoms with E-state index < -0.39 is 44.1 Å². The predicted octanol–water partition coefficient (Wildman–Crippen LogP) is 4.54. The molecule has 0 amide bonds. The second kappa shape index (κ2) is 7.41. The van der Waals surface area contributed by atoms with Gasteiger partial charge < -0.3 is 9.47 Å². The van der Waals surface area contributed by atoms with E-state index in [1.165, 1.54) is 20.3 Å². The maximum atomic E-state index is 12.9. The van der Waals surface area contributed by atoms with Crippen molar-refractivity contribution in [1.29, 1.82) is 0 Å². The summed E-state index contributed by atoms with van der Waals surface area (Å²) in [7, 11) is -1.99. The second-order valence-electron chi connectivity index (χ2n) is 5.42. The number of alkyl halides is 6. The van der Waals surface area contributed by atoms with E-state index in [0.717, 1.165) is 12.1 Å². The lowest BCUT2D eigenvalue weighted by Crippen LogP contribution is -2.16. The molecule has 0 radical (unpaired) electrons. The zero-order chi connectivity index (χ0) is 21.3. The molecule has 0 saturated carbocycles. The van der Waals surface area contributed by atoms with E-state index in [2.05, 4.69) is 0 Å². The van der Waals surface area contributed by atoms with Crippen molar-refractivity contribution in [2.24, 2.45) is 0 Å². The molecule has 5 nitrogen and oxygen atoms in total. The fraction of sp³-hybridized carbons (Fsp3) is 0.250. The molecular weight excluding hydrogens is 416 g/mol. The number of benzene rings is 2. The van der Waals surface area contributed by atoms with Gasteiger partial charge in [-0.2, -0.15) is 26.3 Å². The van der Waals surface area contributed by atoms with Gasteiger partial charge in [0, 0.05) is 6.07 Å². The first kappa shape index (κ1) is 21.7. The Morgan fingerprint density at radius 2 is 1.29 bits per heavy atom. The standard InChI is InChI=1S/C16H13F6NO4S/c1-26-13-4-3-12(8-14(13)27-2)28(24,25)23-11-6-9(15(17,18)19)5-10(7-11)16(20,21)22/h3-8,23H,1-2H3. The van der Waals surface area contributed by atoms with Gasteiger partial charge in [0.05, 0.1) is 35.9 Å². The van der Waals surface area contributed by atoms with Crippen LogP contribution < -0.4 is 14.2 Å². The molecule has 0 unspecified atom stereocenters. The molecule has 1 N–H and O–H groups in total. The maximum Gasteiger partial charge on any atom is 0.416 e. The van der Waals surface area contributed by atoms with Gasteiger partial charge in [0.1, 0.15) is 0 Å². The van der Waals surface area contributed by atoms with Crippen LogP contribution in [0, 0.1) is 0 Å². The summed E-state index contributed by atoms with van der Waals surface area (Å²) in [6.45, 7) is 0. The van der Waals surface area contributed by atoms with Crippen molar-refractivity contribution in [3.05, 3.63) is 47.5 Å². The van der Waals surface area contributed by atoms with Crippen LogP contribution in [0.2, 0.25) is 0 Å². The van der Waals surface area contributed by atoms with E-state index >= 15 is 0 Å². The van der Waals surface area contributed by atoms with Crippen LogP contribution in [0.5, 0.6) is 11.5 Å². The Labute approximate surface area is 155 Å². The largest absolute Gasteiger partial charge is 0.493 e. The molecule has 0 fully saturated rings. The van der Waals surface area contributed by atoms with Gasteiger partial charge in [-0.05, 0) is 30.3 Å². The lowest BCUT2D eigenvalue weighted by Gasteiger charge is -2.16. The molecule has 0 spiro atoms. The molecule has 0 heterocycles. The molecule has 2 aromatic rings. The Morgan fingerprint density at radius 1 is 0.786 bits per heavy atom. The number of hydrogen-bond donors (Lipinski definition) is 1. The minimum Gasteiger partial charge on any atom is -0.493 e. The Hall–Kier alpha value is -2.63. The Balaban J connectivity index is 2.51. The Kier molecular flexibility index (Phi) is 5.74. The van der Waals surface area contributed by atoms with Crippen molar-refractivity contribution in [2.45, 2.75) is 17.2 Å². The van der Waals surface area contributed by atoms with E-state index in [1.54, 1.807) is 4.72 Å². The molecule has 2 rings (SSSR count). The summed E-state index contributed by atoms with van der Waals surface area (Å²) < 4.78 is 114. The van der Waals surface area contributed by atoms with Crippen molar-refractivity contribution < 1.29 is 44.2 Å². The first-order valence-electron chi connectivity index (χ1n) is 7.32. The number of methoxy groups -OCH3 is 2. The number of rotatable bonds is 5. The van der Waals surface area contributed by atoms with Gasteiger partial charge >= 0.3 is 12.4 Å². The molecule has 0 aliphatic heterocycles. The normalized spacial score (nSPS) is 12.6. The zero-order valence-corrected chi connectivity index (χ0v) is 15.1. The van der Waals surface area contributed by atoms with Gasteiger partial charge in [0.2, 0.25) is 0 Å². The fourth-order valence-electron chi connectivity index (χ4n) is 2.21. The van der Waals surface area contributed by atoms with Crippen LogP contribution in [0.1, 0.15) is 11.1 Å². The van der Waals surface area contributed by atoms with Crippen LogP contribution in [0.25, 0.3) is 0 Å². The number of nitrogens with one attached hydrogen (secondary N) is 1. The van der Waals surface area contributed by atoms with E-state index in [9.17, 15) is 34.8 Å². The monoisotopic (exact) mass is 429 g/mol. The topological polar surface area (TPSA) is 64.6 Å². The molecule has 0 aliphatic carbocycles. The van der Waals surface area contributed by atoms with Crippen LogP contribution in [-0.4, -0.2) is 22.6 Å². The molecule has 0 aromatic heterocycles. The second-order valence-corrected chi connectivity index (χ2v) is 7.10. The lowest BCUT2D eigenvalue weighted by molar-refractivity contribution is -0.143. The lowest BCUT2D eigenvalue weighted by atomic mass is 10.1. The van der Waals surface area contributed by atoms with Crippen LogP contribution in [0.15, 0.2) is 41.3 Å². The van der Waals surface area contributed by atoms with Gasteiger partial charge in [-0.25, -0.2) is 8.42 Å². The number of sulfonamides is 1. The third kappa shape index (κ3) is 4.80. The van der Waals surface area contributed by atoms with Gasteiger partial charge in [0.25, 0.3) is 10.0 Å². The summed E-state index contributed by atoms with van der Waals surface area (Å²) in [5.41, 5.74) is -4.18. The summed E-state index contributed by atoms with van der Waals surface area (Å²) in [6.07, 6.45) is -10.2. The van der Waals surface area contributed by atoms with Crippen molar-refractivity contribution in [1.82, 2.24) is 0 Å². The number of ether oxygens (including phenoxy) is 2. The van der Waals surface area contributed by atoms with Crippen molar-refractivity contribution >= 4 is 15.7 Å².